The summed E-state index contributed by atoms with van der Waals surface area (Å²) in [5, 5.41) is 18.7. The van der Waals surface area contributed by atoms with Crippen molar-refractivity contribution in [2.45, 2.75) is 33.4 Å². The fourth-order valence-electron chi connectivity index (χ4n) is 1.77. The van der Waals surface area contributed by atoms with Crippen LogP contribution in [0.3, 0.4) is 0 Å². The molecule has 0 radical (unpaired) electrons. The van der Waals surface area contributed by atoms with E-state index in [-0.39, 0.29) is 0 Å². The smallest absolute Gasteiger partial charge is 0.423 e. The second-order valence-electron chi connectivity index (χ2n) is 3.70. The van der Waals surface area contributed by atoms with Crippen LogP contribution in [-0.4, -0.2) is 17.2 Å². The molecule has 0 saturated heterocycles. The van der Waals surface area contributed by atoms with E-state index in [1.54, 1.807) is 29.6 Å². The van der Waals surface area contributed by atoms with Crippen LogP contribution in [0.4, 0.5) is 0 Å². The maximum atomic E-state index is 9.36. The van der Waals surface area contributed by atoms with Crippen molar-refractivity contribution < 1.29 is 10.0 Å². The van der Waals surface area contributed by atoms with E-state index >= 15 is 0 Å². The van der Waals surface area contributed by atoms with Gasteiger partial charge in [-0.25, -0.2) is 0 Å². The zero-order valence-electron chi connectivity index (χ0n) is 10.8. The predicted molar refractivity (Wildman–Crippen MR) is 82.3 cm³/mol. The van der Waals surface area contributed by atoms with Gasteiger partial charge in [-0.3, -0.25) is 0 Å². The van der Waals surface area contributed by atoms with Crippen molar-refractivity contribution in [1.29, 1.82) is 0 Å². The molecule has 0 spiro atoms. The number of fused-ring (bicyclic) bond motifs is 2. The zero-order valence-corrected chi connectivity index (χ0v) is 12.5. The summed E-state index contributed by atoms with van der Waals surface area (Å²) in [6, 6.07) is 13.8. The lowest BCUT2D eigenvalue weighted by Crippen LogP contribution is -2.32. The largest absolute Gasteiger partial charge is 0.489 e. The molecule has 2 aromatic rings. The number of rotatable bonds is 1. The highest BCUT2D eigenvalue weighted by Gasteiger charge is 2.23. The van der Waals surface area contributed by atoms with Crippen LogP contribution in [0, 0.1) is 0 Å². The Labute approximate surface area is 122 Å². The van der Waals surface area contributed by atoms with Gasteiger partial charge in [0.25, 0.3) is 0 Å². The van der Waals surface area contributed by atoms with Gasteiger partial charge in [-0.05, 0) is 23.7 Å². The summed E-state index contributed by atoms with van der Waals surface area (Å²) in [6.07, 6.45) is 0. The third kappa shape index (κ3) is 3.00. The zero-order chi connectivity index (χ0) is 13.8. The summed E-state index contributed by atoms with van der Waals surface area (Å²) in [7, 11) is -1.41. The van der Waals surface area contributed by atoms with Crippen LogP contribution in [-0.2, 0) is 0 Å². The fourth-order valence-corrected chi connectivity index (χ4v) is 4.18. The van der Waals surface area contributed by atoms with Crippen LogP contribution in [0.25, 0.3) is 0 Å². The second kappa shape index (κ2) is 6.52. The lowest BCUT2D eigenvalue weighted by Gasteiger charge is -2.20. The Kier molecular flexibility index (Phi) is 4.99. The third-order valence-corrected chi connectivity index (χ3v) is 5.20. The molecule has 0 aromatic heterocycles. The topological polar surface area (TPSA) is 40.5 Å². The first-order valence-electron chi connectivity index (χ1n) is 6.19. The highest BCUT2D eigenvalue weighted by Crippen LogP contribution is 2.47. The molecule has 19 heavy (non-hydrogen) atoms. The standard InChI is InChI=1S/C12H9BO2S2.C2H6/c14-13(15)8-4-3-7-11-12(8)17-10-6-2-1-5-9(10)16-11;1-2/h1-7,14-15H;1-2H3. The summed E-state index contributed by atoms with van der Waals surface area (Å²) in [4.78, 5) is 4.41. The first-order chi connectivity index (χ1) is 9.25. The Morgan fingerprint density at radius 1 is 0.789 bits per heavy atom. The van der Waals surface area contributed by atoms with Gasteiger partial charge in [0.2, 0.25) is 0 Å². The predicted octanol–water partition coefficient (Wildman–Crippen LogP) is 3.01. The molecule has 2 N–H and O–H groups in total. The molecule has 1 aliphatic heterocycles. The summed E-state index contributed by atoms with van der Waals surface area (Å²) < 4.78 is 0. The van der Waals surface area contributed by atoms with Crippen LogP contribution in [0.15, 0.2) is 62.0 Å². The maximum absolute atomic E-state index is 9.36. The van der Waals surface area contributed by atoms with Crippen LogP contribution in [0.2, 0.25) is 0 Å². The fraction of sp³-hybridized carbons (Fsp3) is 0.143. The molecule has 2 nitrogen and oxygen atoms in total. The van der Waals surface area contributed by atoms with E-state index in [0.29, 0.717) is 5.46 Å². The van der Waals surface area contributed by atoms with E-state index in [1.165, 1.54) is 4.90 Å². The molecule has 0 unspecified atom stereocenters. The normalized spacial score (nSPS) is 11.8. The van der Waals surface area contributed by atoms with Gasteiger partial charge in [0.05, 0.1) is 0 Å². The van der Waals surface area contributed by atoms with Crippen molar-refractivity contribution in [3.8, 4) is 0 Å². The molecule has 98 valence electrons. The van der Waals surface area contributed by atoms with Gasteiger partial charge < -0.3 is 10.0 Å². The van der Waals surface area contributed by atoms with Gasteiger partial charge in [-0.1, -0.05) is 61.6 Å². The van der Waals surface area contributed by atoms with E-state index in [9.17, 15) is 10.0 Å². The first-order valence-corrected chi connectivity index (χ1v) is 7.83. The Balaban J connectivity index is 0.000000637. The Hall–Kier alpha value is -0.875. The highest BCUT2D eigenvalue weighted by atomic mass is 32.2. The van der Waals surface area contributed by atoms with Crippen LogP contribution in [0.1, 0.15) is 13.8 Å². The molecule has 5 heteroatoms. The van der Waals surface area contributed by atoms with Crippen molar-refractivity contribution >= 4 is 36.1 Å². The first kappa shape index (κ1) is 14.5. The third-order valence-electron chi connectivity index (χ3n) is 2.57. The number of benzene rings is 2. The van der Waals surface area contributed by atoms with E-state index in [2.05, 4.69) is 12.1 Å². The van der Waals surface area contributed by atoms with Crippen molar-refractivity contribution in [2.75, 3.05) is 0 Å². The van der Waals surface area contributed by atoms with Gasteiger partial charge in [-0.15, -0.1) is 0 Å². The van der Waals surface area contributed by atoms with Crippen molar-refractivity contribution in [2.24, 2.45) is 0 Å². The number of hydrogen-bond donors (Lipinski definition) is 2. The molecule has 0 amide bonds. The minimum Gasteiger partial charge on any atom is -0.423 e. The molecular formula is C14H15BO2S2. The maximum Gasteiger partial charge on any atom is 0.489 e. The second-order valence-corrected chi connectivity index (χ2v) is 5.84. The molecule has 3 rings (SSSR count). The van der Waals surface area contributed by atoms with Gasteiger partial charge in [-0.2, -0.15) is 0 Å². The lowest BCUT2D eigenvalue weighted by atomic mass is 9.80. The molecule has 1 heterocycles. The molecular weight excluding hydrogens is 275 g/mol. The van der Waals surface area contributed by atoms with Gasteiger partial charge in [0.1, 0.15) is 0 Å². The molecule has 0 atom stereocenters. The minimum absolute atomic E-state index is 0.578. The monoisotopic (exact) mass is 290 g/mol. The highest BCUT2D eigenvalue weighted by molar-refractivity contribution is 8.05. The summed E-state index contributed by atoms with van der Waals surface area (Å²) in [5.74, 6) is 0. The van der Waals surface area contributed by atoms with E-state index in [0.717, 1.165) is 14.7 Å². The molecule has 1 aliphatic rings. The molecule has 0 bridgehead atoms. The van der Waals surface area contributed by atoms with Crippen molar-refractivity contribution in [3.05, 3.63) is 42.5 Å². The molecule has 2 aromatic carbocycles. The molecule has 0 aliphatic carbocycles. The Bertz CT molecular complexity index is 573. The van der Waals surface area contributed by atoms with E-state index < -0.39 is 7.12 Å². The lowest BCUT2D eigenvalue weighted by molar-refractivity contribution is 0.424. The van der Waals surface area contributed by atoms with Gasteiger partial charge >= 0.3 is 7.12 Å². The Morgan fingerprint density at radius 3 is 2.00 bits per heavy atom. The minimum atomic E-state index is -1.41. The number of hydrogen-bond acceptors (Lipinski definition) is 4. The van der Waals surface area contributed by atoms with Crippen molar-refractivity contribution in [3.63, 3.8) is 0 Å². The SMILES string of the molecule is CC.OB(O)c1cccc2c1Sc1ccccc1S2. The van der Waals surface area contributed by atoms with Gasteiger partial charge in [0.15, 0.2) is 0 Å². The average Bonchev–Trinajstić information content (AvgIpc) is 2.46. The molecule has 0 fully saturated rings. The quantitative estimate of drug-likeness (QED) is 0.676. The van der Waals surface area contributed by atoms with E-state index in [1.807, 2.05) is 38.1 Å². The summed E-state index contributed by atoms with van der Waals surface area (Å²) in [5.41, 5.74) is 0.578. The van der Waals surface area contributed by atoms with Gasteiger partial charge in [0, 0.05) is 19.6 Å². The summed E-state index contributed by atoms with van der Waals surface area (Å²) >= 11 is 3.27. The van der Waals surface area contributed by atoms with Crippen LogP contribution < -0.4 is 5.46 Å². The van der Waals surface area contributed by atoms with E-state index in [4.69, 9.17) is 0 Å². The average molecular weight is 290 g/mol. The summed E-state index contributed by atoms with van der Waals surface area (Å²) in [6.45, 7) is 4.00. The Morgan fingerprint density at radius 2 is 1.37 bits per heavy atom. The van der Waals surface area contributed by atoms with Crippen molar-refractivity contribution in [1.82, 2.24) is 0 Å². The van der Waals surface area contributed by atoms with Crippen LogP contribution in [0.5, 0.6) is 0 Å². The van der Waals surface area contributed by atoms with Crippen LogP contribution >= 0.6 is 23.5 Å². The molecule has 0 saturated carbocycles.